The number of carbonyl (C=O) groups excluding carboxylic acids is 1. The Hall–Kier alpha value is -2.55. The predicted octanol–water partition coefficient (Wildman–Crippen LogP) is 4.27. The number of alkyl halides is 3. The van der Waals surface area contributed by atoms with Crippen molar-refractivity contribution in [3.8, 4) is 0 Å². The van der Waals surface area contributed by atoms with Crippen LogP contribution in [0.2, 0.25) is 5.02 Å². The summed E-state index contributed by atoms with van der Waals surface area (Å²) in [6.45, 7) is 3.41. The van der Waals surface area contributed by atoms with Crippen LogP contribution in [0.5, 0.6) is 0 Å². The molecule has 0 radical (unpaired) electrons. The van der Waals surface area contributed by atoms with Gasteiger partial charge in [-0.05, 0) is 49.1 Å². The van der Waals surface area contributed by atoms with E-state index >= 15 is 0 Å². The van der Waals surface area contributed by atoms with E-state index in [0.717, 1.165) is 30.0 Å². The minimum atomic E-state index is -4.52. The van der Waals surface area contributed by atoms with Crippen LogP contribution in [0.3, 0.4) is 0 Å². The number of rotatable bonds is 4. The SMILES string of the molecule is Cc1cc(CNC(=O)N(C)C2CCCN(c3ccc(C(F)(F)F)nn3)C2)ccc1Cl. The molecule has 0 saturated carbocycles. The summed E-state index contributed by atoms with van der Waals surface area (Å²) in [6, 6.07) is 7.53. The lowest BCUT2D eigenvalue weighted by Gasteiger charge is -2.38. The number of nitrogens with zero attached hydrogens (tertiary/aromatic N) is 4. The first-order valence-electron chi connectivity index (χ1n) is 9.56. The minimum Gasteiger partial charge on any atom is -0.353 e. The summed E-state index contributed by atoms with van der Waals surface area (Å²) in [5, 5.41) is 10.6. The Morgan fingerprint density at radius 3 is 2.70 bits per heavy atom. The van der Waals surface area contributed by atoms with E-state index in [4.69, 9.17) is 11.6 Å². The molecule has 0 bridgehead atoms. The van der Waals surface area contributed by atoms with Gasteiger partial charge in [-0.1, -0.05) is 23.7 Å². The molecule has 2 amide bonds. The Morgan fingerprint density at radius 1 is 1.30 bits per heavy atom. The summed E-state index contributed by atoms with van der Waals surface area (Å²) in [4.78, 5) is 16.1. The van der Waals surface area contributed by atoms with Gasteiger partial charge in [0.15, 0.2) is 11.5 Å². The summed E-state index contributed by atoms with van der Waals surface area (Å²) in [6.07, 6.45) is -2.92. The van der Waals surface area contributed by atoms with Crippen molar-refractivity contribution in [3.05, 3.63) is 52.2 Å². The van der Waals surface area contributed by atoms with Crippen LogP contribution in [0, 0.1) is 6.92 Å². The van der Waals surface area contributed by atoms with Gasteiger partial charge >= 0.3 is 12.2 Å². The fraction of sp³-hybridized carbons (Fsp3) is 0.450. The average Bonchev–Trinajstić information content (AvgIpc) is 2.73. The van der Waals surface area contributed by atoms with E-state index in [-0.39, 0.29) is 12.1 Å². The summed E-state index contributed by atoms with van der Waals surface area (Å²) >= 11 is 6.02. The molecule has 1 aromatic carbocycles. The van der Waals surface area contributed by atoms with Crippen LogP contribution >= 0.6 is 11.6 Å². The molecule has 1 unspecified atom stereocenters. The van der Waals surface area contributed by atoms with Gasteiger partial charge in [-0.3, -0.25) is 0 Å². The number of hydrogen-bond acceptors (Lipinski definition) is 4. The molecule has 1 fully saturated rings. The first-order chi connectivity index (χ1) is 14.1. The van der Waals surface area contributed by atoms with Crippen molar-refractivity contribution >= 4 is 23.4 Å². The second-order valence-corrected chi connectivity index (χ2v) is 7.78. The fourth-order valence-electron chi connectivity index (χ4n) is 3.41. The van der Waals surface area contributed by atoms with Gasteiger partial charge in [-0.15, -0.1) is 10.2 Å². The van der Waals surface area contributed by atoms with E-state index < -0.39 is 11.9 Å². The number of urea groups is 1. The Balaban J connectivity index is 1.58. The fourth-order valence-corrected chi connectivity index (χ4v) is 3.53. The largest absolute Gasteiger partial charge is 0.435 e. The predicted molar refractivity (Wildman–Crippen MR) is 108 cm³/mol. The topological polar surface area (TPSA) is 61.4 Å². The van der Waals surface area contributed by atoms with E-state index in [2.05, 4.69) is 15.5 Å². The van der Waals surface area contributed by atoms with Crippen molar-refractivity contribution in [3.63, 3.8) is 0 Å². The van der Waals surface area contributed by atoms with E-state index in [1.54, 1.807) is 18.0 Å². The van der Waals surface area contributed by atoms with Crippen molar-refractivity contribution in [2.75, 3.05) is 25.0 Å². The van der Waals surface area contributed by atoms with E-state index in [1.165, 1.54) is 6.07 Å². The van der Waals surface area contributed by atoms with Crippen molar-refractivity contribution in [2.24, 2.45) is 0 Å². The van der Waals surface area contributed by atoms with Gasteiger partial charge in [-0.2, -0.15) is 13.2 Å². The summed E-state index contributed by atoms with van der Waals surface area (Å²) in [5.41, 5.74) is 0.870. The van der Waals surface area contributed by atoms with Crippen molar-refractivity contribution in [1.29, 1.82) is 0 Å². The summed E-state index contributed by atoms with van der Waals surface area (Å²) in [7, 11) is 1.72. The molecule has 1 N–H and O–H groups in total. The number of likely N-dealkylation sites (N-methyl/N-ethyl adjacent to an activating group) is 1. The van der Waals surface area contributed by atoms with Gasteiger partial charge in [0.05, 0.1) is 6.04 Å². The van der Waals surface area contributed by atoms with Gasteiger partial charge in [0.2, 0.25) is 0 Å². The lowest BCUT2D eigenvalue weighted by atomic mass is 10.0. The molecule has 30 heavy (non-hydrogen) atoms. The molecule has 1 aliphatic heterocycles. The van der Waals surface area contributed by atoms with Gasteiger partial charge in [0.1, 0.15) is 0 Å². The molecule has 6 nitrogen and oxygen atoms in total. The second kappa shape index (κ2) is 9.07. The standard InChI is InChI=1S/C20H23ClF3N5O/c1-13-10-14(5-6-16(13)21)11-25-19(30)28(2)15-4-3-9-29(12-15)18-8-7-17(26-27-18)20(22,23)24/h5-8,10,15H,3-4,9,11-12H2,1-2H3,(H,25,30). The highest BCUT2D eigenvalue weighted by Gasteiger charge is 2.33. The second-order valence-electron chi connectivity index (χ2n) is 7.37. The summed E-state index contributed by atoms with van der Waals surface area (Å²) in [5.74, 6) is 0.373. The van der Waals surface area contributed by atoms with Gasteiger partial charge in [-0.25, -0.2) is 4.79 Å². The van der Waals surface area contributed by atoms with Crippen molar-refractivity contribution in [2.45, 2.75) is 38.5 Å². The number of carbonyl (C=O) groups is 1. The molecule has 1 aromatic heterocycles. The number of aromatic nitrogens is 2. The number of hydrogen-bond donors (Lipinski definition) is 1. The van der Waals surface area contributed by atoms with Crippen LogP contribution in [0.15, 0.2) is 30.3 Å². The normalized spacial score (nSPS) is 17.0. The molecule has 3 rings (SSSR count). The molecule has 1 aliphatic rings. The summed E-state index contributed by atoms with van der Waals surface area (Å²) < 4.78 is 38.0. The Labute approximate surface area is 178 Å². The molecule has 162 valence electrons. The van der Waals surface area contributed by atoms with Crippen molar-refractivity contribution in [1.82, 2.24) is 20.4 Å². The number of aryl methyl sites for hydroxylation is 1. The highest BCUT2D eigenvalue weighted by atomic mass is 35.5. The first kappa shape index (κ1) is 22.1. The van der Waals surface area contributed by atoms with Crippen LogP contribution < -0.4 is 10.2 Å². The highest BCUT2D eigenvalue weighted by molar-refractivity contribution is 6.31. The lowest BCUT2D eigenvalue weighted by molar-refractivity contribution is -0.141. The number of anilines is 1. The Bertz CT molecular complexity index is 891. The van der Waals surface area contributed by atoms with E-state index in [9.17, 15) is 18.0 Å². The van der Waals surface area contributed by atoms with E-state index in [1.807, 2.05) is 24.0 Å². The maximum atomic E-state index is 12.7. The van der Waals surface area contributed by atoms with Gasteiger partial charge in [0, 0.05) is 31.7 Å². The van der Waals surface area contributed by atoms with Crippen LogP contribution in [0.4, 0.5) is 23.8 Å². The third-order valence-corrected chi connectivity index (χ3v) is 5.62. The van der Waals surface area contributed by atoms with Crippen LogP contribution in [0.25, 0.3) is 0 Å². The number of benzene rings is 1. The van der Waals surface area contributed by atoms with Crippen LogP contribution in [0.1, 0.15) is 29.7 Å². The maximum absolute atomic E-state index is 12.7. The maximum Gasteiger partial charge on any atom is 0.435 e. The van der Waals surface area contributed by atoms with Crippen molar-refractivity contribution < 1.29 is 18.0 Å². The third-order valence-electron chi connectivity index (χ3n) is 5.20. The average molecular weight is 442 g/mol. The molecule has 10 heteroatoms. The van der Waals surface area contributed by atoms with Crippen LogP contribution in [-0.2, 0) is 12.7 Å². The molecule has 0 spiro atoms. The number of nitrogens with one attached hydrogen (secondary N) is 1. The van der Waals surface area contributed by atoms with Gasteiger partial charge in [0.25, 0.3) is 0 Å². The zero-order valence-corrected chi connectivity index (χ0v) is 17.5. The molecule has 0 aliphatic carbocycles. The Kier molecular flexibility index (Phi) is 6.70. The monoisotopic (exact) mass is 441 g/mol. The number of amides is 2. The quantitative estimate of drug-likeness (QED) is 0.769. The zero-order chi connectivity index (χ0) is 21.9. The van der Waals surface area contributed by atoms with Crippen LogP contribution in [-0.4, -0.2) is 47.3 Å². The minimum absolute atomic E-state index is 0.0882. The van der Waals surface area contributed by atoms with Gasteiger partial charge < -0.3 is 15.1 Å². The smallest absolute Gasteiger partial charge is 0.353 e. The van der Waals surface area contributed by atoms with E-state index in [0.29, 0.717) is 30.5 Å². The third kappa shape index (κ3) is 5.33. The lowest BCUT2D eigenvalue weighted by Crippen LogP contribution is -2.51. The molecule has 2 heterocycles. The number of piperidine rings is 1. The highest BCUT2D eigenvalue weighted by Crippen LogP contribution is 2.28. The molecular formula is C20H23ClF3N5O. The molecule has 1 atom stereocenters. The molecule has 2 aromatic rings. The first-order valence-corrected chi connectivity index (χ1v) is 9.94. The molecular weight excluding hydrogens is 419 g/mol. The molecule has 1 saturated heterocycles. The Morgan fingerprint density at radius 2 is 2.07 bits per heavy atom. The number of halogens is 4. The zero-order valence-electron chi connectivity index (χ0n) is 16.7.